The van der Waals surface area contributed by atoms with Crippen molar-refractivity contribution in [1.29, 1.82) is 0 Å². The number of hydrogen-bond acceptors (Lipinski definition) is 5. The van der Waals surface area contributed by atoms with Crippen LogP contribution in [-0.2, 0) is 4.79 Å². The Hall–Kier alpha value is -3.03. The summed E-state index contributed by atoms with van der Waals surface area (Å²) in [4.78, 5) is 22.0. The zero-order valence-electron chi connectivity index (χ0n) is 17.6. The van der Waals surface area contributed by atoms with Crippen molar-refractivity contribution in [3.05, 3.63) is 75.8 Å². The molecular formula is C24H22ClN5OS. The first kappa shape index (κ1) is 20.8. The molecule has 6 nitrogen and oxygen atoms in total. The van der Waals surface area contributed by atoms with Gasteiger partial charge in [-0.1, -0.05) is 48.0 Å². The molecule has 1 aromatic heterocycles. The molecule has 3 heterocycles. The first-order valence-corrected chi connectivity index (χ1v) is 11.7. The maximum absolute atomic E-state index is 12.6. The summed E-state index contributed by atoms with van der Waals surface area (Å²) < 4.78 is 0. The van der Waals surface area contributed by atoms with Gasteiger partial charge in [0.15, 0.2) is 5.17 Å². The van der Waals surface area contributed by atoms with E-state index in [1.165, 1.54) is 11.8 Å². The summed E-state index contributed by atoms with van der Waals surface area (Å²) in [7, 11) is 0. The minimum atomic E-state index is -0.196. The monoisotopic (exact) mass is 463 g/mol. The number of aryl methyl sites for hydroxylation is 1. The number of benzene rings is 2. The smallest absolute Gasteiger partial charge is 0.286 e. The van der Waals surface area contributed by atoms with Crippen LogP contribution in [0.5, 0.6) is 0 Å². The van der Waals surface area contributed by atoms with E-state index >= 15 is 0 Å². The lowest BCUT2D eigenvalue weighted by atomic mass is 10.1. The average Bonchev–Trinajstić information content (AvgIpc) is 3.43. The molecule has 1 N–H and O–H groups in total. The number of amidine groups is 1. The van der Waals surface area contributed by atoms with E-state index in [0.29, 0.717) is 4.91 Å². The molecule has 3 aromatic rings. The number of nitrogens with one attached hydrogen (secondary N) is 1. The number of rotatable bonds is 3. The van der Waals surface area contributed by atoms with Gasteiger partial charge in [0.1, 0.15) is 0 Å². The average molecular weight is 464 g/mol. The summed E-state index contributed by atoms with van der Waals surface area (Å²) in [5.74, 6) is -0.196. The maximum atomic E-state index is 12.6. The fourth-order valence-corrected chi connectivity index (χ4v) is 4.98. The number of aromatic nitrogens is 2. The summed E-state index contributed by atoms with van der Waals surface area (Å²) in [6, 6.07) is 16.1. The third kappa shape index (κ3) is 4.18. The second kappa shape index (κ2) is 8.84. The number of halogens is 1. The summed E-state index contributed by atoms with van der Waals surface area (Å²) >= 11 is 7.73. The van der Waals surface area contributed by atoms with Crippen LogP contribution in [0.1, 0.15) is 11.1 Å². The lowest BCUT2D eigenvalue weighted by Gasteiger charge is -2.36. The topological polar surface area (TPSA) is 64.6 Å². The Balaban J connectivity index is 1.26. The molecule has 1 amide bonds. The standard InChI is InChI=1S/C24H22ClN5OS/c1-16-7-8-19(14-20(16)25)29-9-11-30(12-10-29)24-27-23(31)21(32-24)13-18-15-26-28-22(18)17-5-3-2-4-6-17/h2-8,13-15H,9-12H2,1H3,(H,26,28)/b21-13-. The first-order valence-electron chi connectivity index (χ1n) is 10.5. The molecule has 5 rings (SSSR count). The Morgan fingerprint density at radius 1 is 1.06 bits per heavy atom. The number of H-pyrrole nitrogens is 1. The Morgan fingerprint density at radius 3 is 2.56 bits per heavy atom. The van der Waals surface area contributed by atoms with E-state index in [1.807, 2.05) is 49.4 Å². The van der Waals surface area contributed by atoms with Crippen LogP contribution in [-0.4, -0.2) is 52.4 Å². The predicted molar refractivity (Wildman–Crippen MR) is 132 cm³/mol. The molecule has 0 saturated carbocycles. The van der Waals surface area contributed by atoms with E-state index in [0.717, 1.165) is 64.4 Å². The van der Waals surface area contributed by atoms with Crippen molar-refractivity contribution in [3.63, 3.8) is 0 Å². The molecular weight excluding hydrogens is 442 g/mol. The summed E-state index contributed by atoms with van der Waals surface area (Å²) in [5.41, 5.74) is 5.01. The summed E-state index contributed by atoms with van der Waals surface area (Å²) in [6.07, 6.45) is 3.62. The highest BCUT2D eigenvalue weighted by atomic mass is 35.5. The van der Waals surface area contributed by atoms with Gasteiger partial charge < -0.3 is 9.80 Å². The predicted octanol–water partition coefficient (Wildman–Crippen LogP) is 4.83. The van der Waals surface area contributed by atoms with Crippen LogP contribution in [0.2, 0.25) is 5.02 Å². The second-order valence-corrected chi connectivity index (χ2v) is 9.20. The van der Waals surface area contributed by atoms with Crippen LogP contribution in [0.4, 0.5) is 5.69 Å². The number of aromatic amines is 1. The van der Waals surface area contributed by atoms with Gasteiger partial charge in [0.25, 0.3) is 5.91 Å². The van der Waals surface area contributed by atoms with Gasteiger partial charge >= 0.3 is 0 Å². The van der Waals surface area contributed by atoms with Crippen molar-refractivity contribution in [2.24, 2.45) is 4.99 Å². The van der Waals surface area contributed by atoms with Crippen molar-refractivity contribution in [2.45, 2.75) is 6.92 Å². The zero-order valence-corrected chi connectivity index (χ0v) is 19.2. The third-order valence-corrected chi connectivity index (χ3v) is 7.15. The highest BCUT2D eigenvalue weighted by Gasteiger charge is 2.29. The molecule has 32 heavy (non-hydrogen) atoms. The van der Waals surface area contributed by atoms with Crippen LogP contribution in [0.15, 0.2) is 64.6 Å². The van der Waals surface area contributed by atoms with E-state index in [9.17, 15) is 4.79 Å². The number of aliphatic imine (C=N–C) groups is 1. The number of thioether (sulfide) groups is 1. The van der Waals surface area contributed by atoms with Crippen LogP contribution < -0.4 is 4.90 Å². The maximum Gasteiger partial charge on any atom is 0.286 e. The number of carbonyl (C=O) groups excluding carboxylic acids is 1. The van der Waals surface area contributed by atoms with Crippen LogP contribution in [0.25, 0.3) is 17.3 Å². The van der Waals surface area contributed by atoms with E-state index < -0.39 is 0 Å². The number of piperazine rings is 1. The number of nitrogens with zero attached hydrogens (tertiary/aromatic N) is 4. The molecule has 0 bridgehead atoms. The summed E-state index contributed by atoms with van der Waals surface area (Å²) in [5, 5.41) is 8.76. The molecule has 0 unspecified atom stereocenters. The van der Waals surface area contributed by atoms with Crippen LogP contribution in [0.3, 0.4) is 0 Å². The molecule has 0 spiro atoms. The summed E-state index contributed by atoms with van der Waals surface area (Å²) in [6.45, 7) is 5.32. The van der Waals surface area contributed by atoms with Crippen molar-refractivity contribution in [3.8, 4) is 11.3 Å². The molecule has 0 radical (unpaired) electrons. The highest BCUT2D eigenvalue weighted by molar-refractivity contribution is 8.18. The number of anilines is 1. The second-order valence-electron chi connectivity index (χ2n) is 7.78. The van der Waals surface area contributed by atoms with Gasteiger partial charge in [-0.05, 0) is 42.5 Å². The molecule has 8 heteroatoms. The molecule has 2 aliphatic rings. The lowest BCUT2D eigenvalue weighted by Crippen LogP contribution is -2.47. The molecule has 1 fully saturated rings. The Kier molecular flexibility index (Phi) is 5.76. The van der Waals surface area contributed by atoms with Gasteiger partial charge in [-0.2, -0.15) is 10.1 Å². The van der Waals surface area contributed by atoms with Gasteiger partial charge in [0.2, 0.25) is 0 Å². The first-order chi connectivity index (χ1) is 15.6. The van der Waals surface area contributed by atoms with Gasteiger partial charge in [0, 0.05) is 48.0 Å². The van der Waals surface area contributed by atoms with Gasteiger partial charge in [-0.25, -0.2) is 0 Å². The van der Waals surface area contributed by atoms with Crippen molar-refractivity contribution >= 4 is 46.2 Å². The largest absolute Gasteiger partial charge is 0.368 e. The van der Waals surface area contributed by atoms with E-state index in [-0.39, 0.29) is 5.91 Å². The minimum absolute atomic E-state index is 0.196. The quantitative estimate of drug-likeness (QED) is 0.563. The highest BCUT2D eigenvalue weighted by Crippen LogP contribution is 2.33. The Morgan fingerprint density at radius 2 is 1.81 bits per heavy atom. The van der Waals surface area contributed by atoms with E-state index in [2.05, 4.69) is 37.1 Å². The zero-order chi connectivity index (χ0) is 22.1. The normalized spacial score (nSPS) is 17.9. The molecule has 2 aromatic carbocycles. The molecule has 0 aliphatic carbocycles. The molecule has 1 saturated heterocycles. The lowest BCUT2D eigenvalue weighted by molar-refractivity contribution is -0.113. The van der Waals surface area contributed by atoms with Crippen molar-refractivity contribution in [2.75, 3.05) is 31.1 Å². The molecule has 2 aliphatic heterocycles. The van der Waals surface area contributed by atoms with Crippen LogP contribution >= 0.6 is 23.4 Å². The fourth-order valence-electron chi connectivity index (χ4n) is 3.85. The van der Waals surface area contributed by atoms with Gasteiger partial charge in [-0.15, -0.1) is 0 Å². The van der Waals surface area contributed by atoms with Gasteiger partial charge in [0.05, 0.1) is 16.8 Å². The number of hydrogen-bond donors (Lipinski definition) is 1. The fraction of sp³-hybridized carbons (Fsp3) is 0.208. The SMILES string of the molecule is Cc1ccc(N2CCN(C3=NC(=O)/C(=C/c4cn[nH]c4-c4ccccc4)S3)CC2)cc1Cl. The van der Waals surface area contributed by atoms with Crippen molar-refractivity contribution < 1.29 is 4.79 Å². The minimum Gasteiger partial charge on any atom is -0.368 e. The van der Waals surface area contributed by atoms with E-state index in [1.54, 1.807) is 6.20 Å². The Labute approximate surface area is 196 Å². The number of amides is 1. The third-order valence-electron chi connectivity index (χ3n) is 5.70. The molecule has 0 atom stereocenters. The van der Waals surface area contributed by atoms with Crippen molar-refractivity contribution in [1.82, 2.24) is 15.1 Å². The Bertz CT molecular complexity index is 1210. The van der Waals surface area contributed by atoms with E-state index in [4.69, 9.17) is 11.6 Å². The van der Waals surface area contributed by atoms with Gasteiger partial charge in [-0.3, -0.25) is 9.89 Å². The van der Waals surface area contributed by atoms with Crippen LogP contribution in [0, 0.1) is 6.92 Å². The molecule has 162 valence electrons. The number of carbonyl (C=O) groups is 1.